The molecule has 0 fully saturated rings. The molecule has 0 aliphatic heterocycles. The molecule has 1 aliphatic carbocycles. The van der Waals surface area contributed by atoms with E-state index in [1.54, 1.807) is 30.3 Å². The maximum absolute atomic E-state index is 10.7. The molecule has 0 aromatic heterocycles. The quantitative estimate of drug-likeness (QED) is 0.600. The fraction of sp³-hybridized carbons (Fsp3) is 0. The van der Waals surface area contributed by atoms with Crippen LogP contribution >= 0.6 is 0 Å². The van der Waals surface area contributed by atoms with Crippen LogP contribution in [0.15, 0.2) is 59.7 Å². The van der Waals surface area contributed by atoms with Gasteiger partial charge in [0.15, 0.2) is 0 Å². The predicted octanol–water partition coefficient (Wildman–Crippen LogP) is 2.67. The summed E-state index contributed by atoms with van der Waals surface area (Å²) in [7, 11) is 0. The Bertz CT molecular complexity index is 551. The second kappa shape index (κ2) is 4.61. The molecule has 17 heavy (non-hydrogen) atoms. The Morgan fingerprint density at radius 3 is 2.53 bits per heavy atom. The number of carbonyl (C=O) groups is 1. The maximum Gasteiger partial charge on any atom is 0.150 e. The van der Waals surface area contributed by atoms with Crippen LogP contribution in [-0.4, -0.2) is 17.1 Å². The zero-order valence-corrected chi connectivity index (χ0v) is 9.05. The van der Waals surface area contributed by atoms with Crippen molar-refractivity contribution < 1.29 is 9.90 Å². The molecule has 1 aromatic carbocycles. The first-order chi connectivity index (χ1) is 8.22. The predicted molar refractivity (Wildman–Crippen MR) is 67.0 cm³/mol. The van der Waals surface area contributed by atoms with Gasteiger partial charge in [0.2, 0.25) is 0 Å². The molecule has 0 atom stereocenters. The van der Waals surface area contributed by atoms with Crippen molar-refractivity contribution in [1.82, 2.24) is 0 Å². The topological polar surface area (TPSA) is 61.2 Å². The van der Waals surface area contributed by atoms with Crippen molar-refractivity contribution in [2.24, 2.45) is 0 Å². The molecule has 2 N–H and O–H groups in total. The number of aliphatic hydroxyl groups excluding tert-OH is 1. The number of aliphatic hydroxyl groups is 1. The lowest BCUT2D eigenvalue weighted by Crippen LogP contribution is -2.05. The van der Waals surface area contributed by atoms with Crippen molar-refractivity contribution in [2.45, 2.75) is 0 Å². The van der Waals surface area contributed by atoms with Crippen molar-refractivity contribution >= 4 is 17.8 Å². The van der Waals surface area contributed by atoms with Gasteiger partial charge in [0, 0.05) is 16.7 Å². The lowest BCUT2D eigenvalue weighted by Gasteiger charge is -2.10. The molecular weight excluding hydrogens is 214 g/mol. The molecule has 0 saturated heterocycles. The average molecular weight is 225 g/mol. The highest BCUT2D eigenvalue weighted by Gasteiger charge is 2.13. The Labute approximate surface area is 98.9 Å². The van der Waals surface area contributed by atoms with Gasteiger partial charge in [0.1, 0.15) is 12.0 Å². The van der Waals surface area contributed by atoms with Gasteiger partial charge in [-0.05, 0) is 18.2 Å². The number of hydrogen-bond acceptors (Lipinski definition) is 3. The molecule has 0 spiro atoms. The molecule has 0 saturated carbocycles. The van der Waals surface area contributed by atoms with Crippen molar-refractivity contribution in [1.29, 1.82) is 5.41 Å². The number of benzene rings is 1. The van der Waals surface area contributed by atoms with Crippen molar-refractivity contribution in [2.75, 3.05) is 0 Å². The Morgan fingerprint density at radius 1 is 1.18 bits per heavy atom. The van der Waals surface area contributed by atoms with E-state index in [4.69, 9.17) is 5.41 Å². The van der Waals surface area contributed by atoms with E-state index in [2.05, 4.69) is 0 Å². The SMILES string of the molecule is N=C1C=CC(C=O)=C/C1=C(/O)c1ccccc1. The summed E-state index contributed by atoms with van der Waals surface area (Å²) in [6.07, 6.45) is 5.26. The minimum atomic E-state index is 0.0132. The van der Waals surface area contributed by atoms with Gasteiger partial charge >= 0.3 is 0 Å². The minimum absolute atomic E-state index is 0.0132. The molecule has 0 radical (unpaired) electrons. The van der Waals surface area contributed by atoms with E-state index in [-0.39, 0.29) is 11.5 Å². The van der Waals surface area contributed by atoms with Crippen LogP contribution in [0.3, 0.4) is 0 Å². The first-order valence-electron chi connectivity index (χ1n) is 5.15. The monoisotopic (exact) mass is 225 g/mol. The summed E-state index contributed by atoms with van der Waals surface area (Å²) < 4.78 is 0. The fourth-order valence-corrected chi connectivity index (χ4v) is 1.58. The molecule has 3 heteroatoms. The highest BCUT2D eigenvalue weighted by atomic mass is 16.3. The number of carbonyl (C=O) groups excluding carboxylic acids is 1. The lowest BCUT2D eigenvalue weighted by atomic mass is 9.97. The third kappa shape index (κ3) is 2.23. The number of rotatable bonds is 2. The van der Waals surface area contributed by atoms with E-state index in [0.29, 0.717) is 23.0 Å². The molecule has 0 unspecified atom stereocenters. The average Bonchev–Trinajstić information content (AvgIpc) is 2.39. The van der Waals surface area contributed by atoms with Crippen LogP contribution in [0, 0.1) is 5.41 Å². The minimum Gasteiger partial charge on any atom is -0.507 e. The van der Waals surface area contributed by atoms with E-state index < -0.39 is 0 Å². The Hall–Kier alpha value is -2.42. The number of allylic oxidation sites excluding steroid dienone is 5. The lowest BCUT2D eigenvalue weighted by molar-refractivity contribution is -0.104. The van der Waals surface area contributed by atoms with Gasteiger partial charge in [-0.1, -0.05) is 30.3 Å². The third-order valence-corrected chi connectivity index (χ3v) is 2.48. The Kier molecular flexibility index (Phi) is 3.01. The molecule has 0 heterocycles. The van der Waals surface area contributed by atoms with Crippen LogP contribution in [0.25, 0.3) is 5.76 Å². The maximum atomic E-state index is 10.7. The molecular formula is C14H11NO2. The summed E-state index contributed by atoms with van der Waals surface area (Å²) in [5.41, 5.74) is 1.63. The normalized spacial score (nSPS) is 17.6. The van der Waals surface area contributed by atoms with Gasteiger partial charge in [-0.15, -0.1) is 0 Å². The smallest absolute Gasteiger partial charge is 0.150 e. The molecule has 0 bridgehead atoms. The van der Waals surface area contributed by atoms with E-state index in [1.807, 2.05) is 6.07 Å². The van der Waals surface area contributed by atoms with E-state index in [0.717, 1.165) is 0 Å². The fourth-order valence-electron chi connectivity index (χ4n) is 1.58. The summed E-state index contributed by atoms with van der Waals surface area (Å²) in [4.78, 5) is 10.7. The highest BCUT2D eigenvalue weighted by Crippen LogP contribution is 2.21. The van der Waals surface area contributed by atoms with Gasteiger partial charge in [0.05, 0.1) is 5.71 Å². The highest BCUT2D eigenvalue weighted by molar-refractivity contribution is 6.15. The van der Waals surface area contributed by atoms with E-state index in [1.165, 1.54) is 12.2 Å². The molecule has 0 amide bonds. The second-order valence-corrected chi connectivity index (χ2v) is 3.64. The van der Waals surface area contributed by atoms with E-state index in [9.17, 15) is 9.90 Å². The molecule has 1 aliphatic rings. The molecule has 1 aromatic rings. The standard InChI is InChI=1S/C14H11NO2/c15-13-7-6-10(9-16)8-12(13)14(17)11-4-2-1-3-5-11/h1-9,15,17H/b14-12-,15-13?. The Morgan fingerprint density at radius 2 is 1.88 bits per heavy atom. The molecule has 2 rings (SSSR count). The van der Waals surface area contributed by atoms with Crippen LogP contribution in [-0.2, 0) is 4.79 Å². The zero-order valence-electron chi connectivity index (χ0n) is 9.05. The van der Waals surface area contributed by atoms with Crippen LogP contribution in [0.1, 0.15) is 5.56 Å². The van der Waals surface area contributed by atoms with Gasteiger partial charge in [-0.2, -0.15) is 0 Å². The van der Waals surface area contributed by atoms with Crippen LogP contribution in [0.4, 0.5) is 0 Å². The number of aldehydes is 1. The van der Waals surface area contributed by atoms with Crippen LogP contribution in [0.5, 0.6) is 0 Å². The zero-order chi connectivity index (χ0) is 12.3. The van der Waals surface area contributed by atoms with Gasteiger partial charge in [-0.25, -0.2) is 0 Å². The summed E-state index contributed by atoms with van der Waals surface area (Å²) >= 11 is 0. The first kappa shape index (κ1) is 11.1. The second-order valence-electron chi connectivity index (χ2n) is 3.64. The van der Waals surface area contributed by atoms with Crippen LogP contribution in [0.2, 0.25) is 0 Å². The van der Waals surface area contributed by atoms with Gasteiger partial charge < -0.3 is 10.5 Å². The Balaban J connectivity index is 2.51. The summed E-state index contributed by atoms with van der Waals surface area (Å²) in [5, 5.41) is 17.8. The molecule has 3 nitrogen and oxygen atoms in total. The largest absolute Gasteiger partial charge is 0.507 e. The van der Waals surface area contributed by atoms with Crippen LogP contribution < -0.4 is 0 Å². The van der Waals surface area contributed by atoms with Gasteiger partial charge in [-0.3, -0.25) is 4.79 Å². The number of nitrogens with one attached hydrogen (secondary N) is 1. The summed E-state index contributed by atoms with van der Waals surface area (Å²) in [5.74, 6) is 0.0132. The van der Waals surface area contributed by atoms with Crippen molar-refractivity contribution in [3.05, 3.63) is 65.3 Å². The first-order valence-corrected chi connectivity index (χ1v) is 5.15. The summed E-state index contributed by atoms with van der Waals surface area (Å²) in [6, 6.07) is 8.96. The molecule has 84 valence electrons. The van der Waals surface area contributed by atoms with Crippen molar-refractivity contribution in [3.63, 3.8) is 0 Å². The third-order valence-electron chi connectivity index (χ3n) is 2.48. The van der Waals surface area contributed by atoms with Gasteiger partial charge in [0.25, 0.3) is 0 Å². The van der Waals surface area contributed by atoms with Crippen molar-refractivity contribution in [3.8, 4) is 0 Å². The van der Waals surface area contributed by atoms with E-state index >= 15 is 0 Å². The number of hydrogen-bond donors (Lipinski definition) is 2. The summed E-state index contributed by atoms with van der Waals surface area (Å²) in [6.45, 7) is 0.